The van der Waals surface area contributed by atoms with Gasteiger partial charge in [0, 0.05) is 38.8 Å². The van der Waals surface area contributed by atoms with Gasteiger partial charge >= 0.3 is 0 Å². The molecule has 8 nitrogen and oxygen atoms in total. The number of sulfonamides is 1. The SMILES string of the molecule is CCOc1ccc(C(=O)N2CCCN(S(=O)(=O)c3c(C)nn(C)c3C)CC2)cc1. The Labute approximate surface area is 172 Å². The summed E-state index contributed by atoms with van der Waals surface area (Å²) in [7, 11) is -1.92. The van der Waals surface area contributed by atoms with Crippen molar-refractivity contribution in [2.75, 3.05) is 32.8 Å². The third-order valence-electron chi connectivity index (χ3n) is 5.19. The summed E-state index contributed by atoms with van der Waals surface area (Å²) in [4.78, 5) is 14.8. The van der Waals surface area contributed by atoms with Crippen molar-refractivity contribution in [2.24, 2.45) is 7.05 Å². The molecule has 0 saturated carbocycles. The van der Waals surface area contributed by atoms with E-state index in [-0.39, 0.29) is 17.3 Å². The molecule has 1 amide bonds. The minimum absolute atomic E-state index is 0.0963. The number of ether oxygens (including phenoxy) is 1. The summed E-state index contributed by atoms with van der Waals surface area (Å²) in [5.41, 5.74) is 1.69. The van der Waals surface area contributed by atoms with Crippen molar-refractivity contribution in [3.63, 3.8) is 0 Å². The predicted molar refractivity (Wildman–Crippen MR) is 110 cm³/mol. The molecule has 9 heteroatoms. The molecule has 3 rings (SSSR count). The zero-order valence-corrected chi connectivity index (χ0v) is 18.2. The van der Waals surface area contributed by atoms with Gasteiger partial charge < -0.3 is 9.64 Å². The van der Waals surface area contributed by atoms with E-state index in [9.17, 15) is 13.2 Å². The van der Waals surface area contributed by atoms with Gasteiger partial charge in [-0.1, -0.05) is 0 Å². The van der Waals surface area contributed by atoms with E-state index in [0.29, 0.717) is 49.6 Å². The highest BCUT2D eigenvalue weighted by Crippen LogP contribution is 2.24. The van der Waals surface area contributed by atoms with E-state index < -0.39 is 10.0 Å². The molecule has 0 atom stereocenters. The molecule has 2 aromatic rings. The lowest BCUT2D eigenvalue weighted by molar-refractivity contribution is 0.0764. The van der Waals surface area contributed by atoms with Crippen LogP contribution in [0.3, 0.4) is 0 Å². The van der Waals surface area contributed by atoms with Gasteiger partial charge in [0.1, 0.15) is 10.6 Å². The van der Waals surface area contributed by atoms with Crippen molar-refractivity contribution in [3.05, 3.63) is 41.2 Å². The Hall–Kier alpha value is -2.39. The second-order valence-corrected chi connectivity index (χ2v) is 9.01. The van der Waals surface area contributed by atoms with Gasteiger partial charge in [0.2, 0.25) is 10.0 Å². The first-order valence-electron chi connectivity index (χ1n) is 9.78. The molecule has 2 heterocycles. The Kier molecular flexibility index (Phi) is 6.28. The first kappa shape index (κ1) is 21.3. The maximum absolute atomic E-state index is 13.2. The van der Waals surface area contributed by atoms with Gasteiger partial charge in [-0.15, -0.1) is 0 Å². The van der Waals surface area contributed by atoms with Crippen molar-refractivity contribution in [2.45, 2.75) is 32.1 Å². The third-order valence-corrected chi connectivity index (χ3v) is 7.35. The normalized spacial score (nSPS) is 15.9. The number of rotatable bonds is 5. The second kappa shape index (κ2) is 8.54. The van der Waals surface area contributed by atoms with Crippen molar-refractivity contribution >= 4 is 15.9 Å². The van der Waals surface area contributed by atoms with E-state index in [0.717, 1.165) is 5.75 Å². The Morgan fingerprint density at radius 2 is 1.79 bits per heavy atom. The standard InChI is InChI=1S/C20H28N4O4S/c1-5-28-18-9-7-17(8-10-18)20(25)23-11-6-12-24(14-13-23)29(26,27)19-15(2)21-22(4)16(19)3/h7-10H,5-6,11-14H2,1-4H3. The lowest BCUT2D eigenvalue weighted by Crippen LogP contribution is -2.37. The molecule has 158 valence electrons. The average molecular weight is 421 g/mol. The Bertz CT molecular complexity index is 983. The minimum atomic E-state index is -3.66. The lowest BCUT2D eigenvalue weighted by atomic mass is 10.2. The Morgan fingerprint density at radius 3 is 2.38 bits per heavy atom. The fraction of sp³-hybridized carbons (Fsp3) is 0.500. The quantitative estimate of drug-likeness (QED) is 0.738. The van der Waals surface area contributed by atoms with Crippen LogP contribution in [0.2, 0.25) is 0 Å². The molecule has 29 heavy (non-hydrogen) atoms. The molecule has 0 spiro atoms. The van der Waals surface area contributed by atoms with Gasteiger partial charge in [-0.25, -0.2) is 8.42 Å². The number of hydrogen-bond donors (Lipinski definition) is 0. The van der Waals surface area contributed by atoms with Crippen molar-refractivity contribution in [1.82, 2.24) is 19.0 Å². The summed E-state index contributed by atoms with van der Waals surface area (Å²) < 4.78 is 34.9. The first-order chi connectivity index (χ1) is 13.8. The molecule has 1 fully saturated rings. The molecule has 1 aromatic carbocycles. The van der Waals surface area contributed by atoms with Crippen LogP contribution in [0.25, 0.3) is 0 Å². The molecule has 1 aromatic heterocycles. The summed E-state index contributed by atoms with van der Waals surface area (Å²) in [6, 6.07) is 7.04. The molecule has 0 aliphatic carbocycles. The van der Waals surface area contributed by atoms with Crippen LogP contribution in [0, 0.1) is 13.8 Å². The summed E-state index contributed by atoms with van der Waals surface area (Å²) in [5.74, 6) is 0.625. The van der Waals surface area contributed by atoms with Crippen LogP contribution in [0.5, 0.6) is 5.75 Å². The van der Waals surface area contributed by atoms with E-state index in [1.165, 1.54) is 4.31 Å². The van der Waals surface area contributed by atoms with E-state index in [2.05, 4.69) is 5.10 Å². The number of aryl methyl sites for hydroxylation is 2. The summed E-state index contributed by atoms with van der Waals surface area (Å²) in [5, 5.41) is 4.23. The van der Waals surface area contributed by atoms with Crippen LogP contribution in [0.1, 0.15) is 35.1 Å². The smallest absolute Gasteiger partial charge is 0.253 e. The van der Waals surface area contributed by atoms with E-state index in [1.54, 1.807) is 54.7 Å². The number of nitrogens with zero attached hydrogens (tertiary/aromatic N) is 4. The minimum Gasteiger partial charge on any atom is -0.494 e. The van der Waals surface area contributed by atoms with Gasteiger partial charge in [0.25, 0.3) is 5.91 Å². The zero-order chi connectivity index (χ0) is 21.2. The van der Waals surface area contributed by atoms with E-state index >= 15 is 0 Å². The van der Waals surface area contributed by atoms with E-state index in [4.69, 9.17) is 4.74 Å². The molecule has 0 radical (unpaired) electrons. The van der Waals surface area contributed by atoms with Crippen LogP contribution in [0.4, 0.5) is 0 Å². The number of carbonyl (C=O) groups is 1. The summed E-state index contributed by atoms with van der Waals surface area (Å²) in [6.07, 6.45) is 0.584. The highest BCUT2D eigenvalue weighted by Gasteiger charge is 2.32. The van der Waals surface area contributed by atoms with Crippen LogP contribution in [0.15, 0.2) is 29.2 Å². The molecule has 1 aliphatic heterocycles. The van der Waals surface area contributed by atoms with Gasteiger partial charge in [0.15, 0.2) is 0 Å². The molecule has 0 bridgehead atoms. The van der Waals surface area contributed by atoms with Gasteiger partial charge in [-0.2, -0.15) is 9.40 Å². The molecular weight excluding hydrogens is 392 g/mol. The lowest BCUT2D eigenvalue weighted by Gasteiger charge is -2.22. The van der Waals surface area contributed by atoms with Crippen LogP contribution in [-0.2, 0) is 17.1 Å². The molecule has 0 N–H and O–H groups in total. The maximum Gasteiger partial charge on any atom is 0.253 e. The van der Waals surface area contributed by atoms with Crippen LogP contribution < -0.4 is 4.74 Å². The van der Waals surface area contributed by atoms with Gasteiger partial charge in [-0.3, -0.25) is 9.48 Å². The van der Waals surface area contributed by atoms with Crippen LogP contribution in [-0.4, -0.2) is 66.1 Å². The summed E-state index contributed by atoms with van der Waals surface area (Å²) >= 11 is 0. The predicted octanol–water partition coefficient (Wildman–Crippen LogP) is 1.97. The third kappa shape index (κ3) is 4.30. The first-order valence-corrected chi connectivity index (χ1v) is 11.2. The topological polar surface area (TPSA) is 84.7 Å². The fourth-order valence-electron chi connectivity index (χ4n) is 3.64. The Balaban J connectivity index is 1.73. The number of aromatic nitrogens is 2. The van der Waals surface area contributed by atoms with Crippen LogP contribution >= 0.6 is 0 Å². The molecule has 1 saturated heterocycles. The zero-order valence-electron chi connectivity index (χ0n) is 17.4. The molecule has 1 aliphatic rings. The van der Waals surface area contributed by atoms with Crippen molar-refractivity contribution in [1.29, 1.82) is 0 Å². The Morgan fingerprint density at radius 1 is 1.10 bits per heavy atom. The van der Waals surface area contributed by atoms with Crippen molar-refractivity contribution < 1.29 is 17.9 Å². The molecular formula is C20H28N4O4S. The largest absolute Gasteiger partial charge is 0.494 e. The monoisotopic (exact) mass is 420 g/mol. The number of amides is 1. The maximum atomic E-state index is 13.2. The highest BCUT2D eigenvalue weighted by atomic mass is 32.2. The van der Waals surface area contributed by atoms with E-state index in [1.807, 2.05) is 6.92 Å². The summed E-state index contributed by atoms with van der Waals surface area (Å²) in [6.45, 7) is 7.45. The highest BCUT2D eigenvalue weighted by molar-refractivity contribution is 7.89. The van der Waals surface area contributed by atoms with Gasteiger partial charge in [0.05, 0.1) is 18.0 Å². The van der Waals surface area contributed by atoms with Crippen molar-refractivity contribution in [3.8, 4) is 5.75 Å². The second-order valence-electron chi connectivity index (χ2n) is 7.13. The average Bonchev–Trinajstić information content (AvgIpc) is 2.86. The van der Waals surface area contributed by atoms with Gasteiger partial charge in [-0.05, 0) is 51.5 Å². The number of carbonyl (C=O) groups excluding carboxylic acids is 1. The number of hydrogen-bond acceptors (Lipinski definition) is 5. The number of benzene rings is 1. The molecule has 0 unspecified atom stereocenters. The fourth-order valence-corrected chi connectivity index (χ4v) is 5.51.